The number of hydrogen-bond acceptors (Lipinski definition) is 3. The molecule has 0 bridgehead atoms. The van der Waals surface area contributed by atoms with Gasteiger partial charge in [0.05, 0.1) is 6.61 Å². The maximum atomic E-state index is 14.5. The Bertz CT molecular complexity index is 811. The second-order valence-electron chi connectivity index (χ2n) is 6.34. The normalized spacial score (nSPS) is 26.2. The van der Waals surface area contributed by atoms with Crippen molar-refractivity contribution in [3.63, 3.8) is 0 Å². The summed E-state index contributed by atoms with van der Waals surface area (Å²) in [5.74, 6) is -49.5. The molecule has 1 saturated carbocycles. The van der Waals surface area contributed by atoms with Crippen LogP contribution in [0, 0.1) is 0 Å². The smallest absolute Gasteiger partial charge is 0.395 e. The number of alkyl halides is 15. The summed E-state index contributed by atoms with van der Waals surface area (Å²) in [6, 6.07) is 0. The first-order chi connectivity index (χ1) is 13.8. The Morgan fingerprint density at radius 3 is 1.31 bits per heavy atom. The van der Waals surface area contributed by atoms with Gasteiger partial charge in [0, 0.05) is 13.1 Å². The van der Waals surface area contributed by atoms with Gasteiger partial charge in [0.25, 0.3) is 10.0 Å². The van der Waals surface area contributed by atoms with E-state index in [1.165, 1.54) is 0 Å². The van der Waals surface area contributed by atoms with Gasteiger partial charge in [-0.3, -0.25) is 0 Å². The summed E-state index contributed by atoms with van der Waals surface area (Å²) < 4.78 is 228. The lowest BCUT2D eigenvalue weighted by molar-refractivity contribution is -0.512. The molecule has 0 aromatic carbocycles. The lowest BCUT2D eigenvalue weighted by Crippen LogP contribution is -2.89. The molecule has 20 heteroatoms. The van der Waals surface area contributed by atoms with Crippen LogP contribution in [0.1, 0.15) is 6.92 Å². The van der Waals surface area contributed by atoms with Crippen molar-refractivity contribution in [2.24, 2.45) is 0 Å². The van der Waals surface area contributed by atoms with Gasteiger partial charge in [0.2, 0.25) is 0 Å². The van der Waals surface area contributed by atoms with E-state index in [0.29, 0.717) is 6.92 Å². The highest BCUT2D eigenvalue weighted by molar-refractivity contribution is 7.90. The largest absolute Gasteiger partial charge is 0.424 e. The van der Waals surface area contributed by atoms with E-state index < -0.39 is 80.5 Å². The molecule has 0 aromatic rings. The molecule has 0 saturated heterocycles. The van der Waals surface area contributed by atoms with Crippen LogP contribution in [0.2, 0.25) is 0 Å². The predicted molar refractivity (Wildman–Crippen MR) is 71.7 cm³/mol. The van der Waals surface area contributed by atoms with Crippen molar-refractivity contribution in [2.75, 3.05) is 19.7 Å². The standard InChI is InChI=1S/C12H10F15NO3S/c1-2-28(3-4-29)32(30,31)12(26,27)8(18,19)5(13)6(14,15)9(20,21)11(24,25)10(22,23)7(5,16)17/h29H,2-4H2,1H3. The maximum absolute atomic E-state index is 14.5. The third kappa shape index (κ3) is 2.70. The molecule has 1 fully saturated rings. The molecular weight excluding hydrogens is 523 g/mol. The molecule has 1 N–H and O–H groups in total. The molecule has 0 aromatic heterocycles. The van der Waals surface area contributed by atoms with E-state index in [1.54, 1.807) is 0 Å². The fourth-order valence-electron chi connectivity index (χ4n) is 2.70. The van der Waals surface area contributed by atoms with Crippen LogP contribution in [-0.2, 0) is 10.0 Å². The van der Waals surface area contributed by atoms with Gasteiger partial charge >= 0.3 is 46.5 Å². The summed E-state index contributed by atoms with van der Waals surface area (Å²) in [6.45, 7) is -3.91. The summed E-state index contributed by atoms with van der Waals surface area (Å²) in [4.78, 5) is 0. The number of nitrogens with zero attached hydrogens (tertiary/aromatic N) is 1. The lowest BCUT2D eigenvalue weighted by atomic mass is 9.69. The summed E-state index contributed by atoms with van der Waals surface area (Å²) in [5.41, 5.74) is -8.59. The minimum absolute atomic E-state index is 0.541. The zero-order valence-corrected chi connectivity index (χ0v) is 15.7. The van der Waals surface area contributed by atoms with E-state index in [9.17, 15) is 74.3 Å². The molecule has 0 heterocycles. The first kappa shape index (κ1) is 28.9. The van der Waals surface area contributed by atoms with Crippen LogP contribution in [0.4, 0.5) is 65.9 Å². The average molecular weight is 533 g/mol. The van der Waals surface area contributed by atoms with Crippen LogP contribution in [0.3, 0.4) is 0 Å². The van der Waals surface area contributed by atoms with Crippen molar-refractivity contribution in [1.29, 1.82) is 0 Å². The van der Waals surface area contributed by atoms with Gasteiger partial charge < -0.3 is 5.11 Å². The number of halogens is 15. The molecule has 32 heavy (non-hydrogen) atoms. The molecule has 0 aliphatic heterocycles. The molecule has 0 unspecified atom stereocenters. The zero-order chi connectivity index (χ0) is 26.2. The third-order valence-corrected chi connectivity index (χ3v) is 6.63. The van der Waals surface area contributed by atoms with Crippen LogP contribution < -0.4 is 0 Å². The topological polar surface area (TPSA) is 57.6 Å². The van der Waals surface area contributed by atoms with E-state index in [2.05, 4.69) is 0 Å². The minimum atomic E-state index is -8.59. The van der Waals surface area contributed by atoms with Gasteiger partial charge in [0.15, 0.2) is 0 Å². The number of likely N-dealkylation sites (N-methyl/N-ethyl adjacent to an activating group) is 1. The minimum Gasteiger partial charge on any atom is -0.395 e. The van der Waals surface area contributed by atoms with E-state index in [0.717, 1.165) is 0 Å². The Balaban J connectivity index is 4.08. The summed E-state index contributed by atoms with van der Waals surface area (Å²) in [5, 5.41) is 0.892. The molecule has 0 radical (unpaired) electrons. The molecule has 0 amide bonds. The monoisotopic (exact) mass is 533 g/mol. The van der Waals surface area contributed by atoms with E-state index >= 15 is 0 Å². The second kappa shape index (κ2) is 7.16. The summed E-state index contributed by atoms with van der Waals surface area (Å²) in [6.07, 6.45) is 0. The van der Waals surface area contributed by atoms with Crippen molar-refractivity contribution < 1.29 is 79.4 Å². The maximum Gasteiger partial charge on any atom is 0.424 e. The highest BCUT2D eigenvalue weighted by Gasteiger charge is 3.07. The van der Waals surface area contributed by atoms with Crippen molar-refractivity contribution in [1.82, 2.24) is 4.31 Å². The SMILES string of the molecule is CCN(CCO)S(=O)(=O)C(F)(F)C(F)(F)C1(F)C(F)(F)C(F)(F)C(F)(F)C(F)(F)C1(F)F. The van der Waals surface area contributed by atoms with Crippen molar-refractivity contribution >= 4 is 10.0 Å². The average Bonchev–Trinajstić information content (AvgIpc) is 2.62. The molecule has 0 atom stereocenters. The number of aliphatic hydroxyl groups excluding tert-OH is 1. The fraction of sp³-hybridized carbons (Fsp3) is 1.00. The third-order valence-electron chi connectivity index (χ3n) is 4.61. The van der Waals surface area contributed by atoms with Crippen LogP contribution in [-0.4, -0.2) is 84.0 Å². The van der Waals surface area contributed by atoms with Crippen LogP contribution in [0.15, 0.2) is 0 Å². The van der Waals surface area contributed by atoms with Gasteiger partial charge in [-0.15, -0.1) is 0 Å². The Hall–Kier alpha value is -1.18. The Morgan fingerprint density at radius 2 is 1.03 bits per heavy atom. The molecule has 0 spiro atoms. The van der Waals surface area contributed by atoms with Crippen LogP contribution in [0.25, 0.3) is 0 Å². The van der Waals surface area contributed by atoms with Gasteiger partial charge in [-0.2, -0.15) is 65.8 Å². The van der Waals surface area contributed by atoms with Gasteiger partial charge in [0.1, 0.15) is 0 Å². The quantitative estimate of drug-likeness (QED) is 0.508. The summed E-state index contributed by atoms with van der Waals surface area (Å²) >= 11 is 0. The van der Waals surface area contributed by atoms with E-state index in [-0.39, 0.29) is 0 Å². The highest BCUT2D eigenvalue weighted by atomic mass is 32.2. The zero-order valence-electron chi connectivity index (χ0n) is 14.9. The second-order valence-corrected chi connectivity index (χ2v) is 8.32. The van der Waals surface area contributed by atoms with Gasteiger partial charge in [-0.05, 0) is 0 Å². The van der Waals surface area contributed by atoms with Gasteiger partial charge in [-0.25, -0.2) is 12.8 Å². The Labute approximate surface area is 168 Å². The first-order valence-corrected chi connectivity index (χ1v) is 9.15. The molecule has 1 rings (SSSR count). The molecule has 1 aliphatic rings. The number of aliphatic hydroxyl groups is 1. The lowest BCUT2D eigenvalue weighted by Gasteiger charge is -2.54. The van der Waals surface area contributed by atoms with Crippen LogP contribution in [0.5, 0.6) is 0 Å². The van der Waals surface area contributed by atoms with E-state index in [1.807, 2.05) is 0 Å². The van der Waals surface area contributed by atoms with Gasteiger partial charge in [-0.1, -0.05) is 6.92 Å². The fourth-order valence-corrected chi connectivity index (χ4v) is 4.15. The number of hydrogen-bond donors (Lipinski definition) is 1. The summed E-state index contributed by atoms with van der Waals surface area (Å²) in [7, 11) is -7.36. The molecular formula is C12H10F15NO3S. The number of rotatable bonds is 7. The predicted octanol–water partition coefficient (Wildman–Crippen LogP) is 3.76. The van der Waals surface area contributed by atoms with Crippen molar-refractivity contribution in [3.8, 4) is 0 Å². The number of sulfonamides is 1. The molecule has 1 aliphatic carbocycles. The molecule has 192 valence electrons. The first-order valence-electron chi connectivity index (χ1n) is 7.71. The van der Waals surface area contributed by atoms with E-state index in [4.69, 9.17) is 5.11 Å². The Morgan fingerprint density at radius 1 is 0.719 bits per heavy atom. The van der Waals surface area contributed by atoms with Crippen molar-refractivity contribution in [3.05, 3.63) is 0 Å². The Kier molecular flexibility index (Phi) is 6.45. The van der Waals surface area contributed by atoms with Crippen molar-refractivity contribution in [2.45, 2.75) is 53.4 Å². The molecule has 4 nitrogen and oxygen atoms in total. The highest BCUT2D eigenvalue weighted by Crippen LogP contribution is 2.74. The van der Waals surface area contributed by atoms with Crippen LogP contribution >= 0.6 is 0 Å².